The van der Waals surface area contributed by atoms with E-state index in [4.69, 9.17) is 11.6 Å². The number of fused-ring (bicyclic) bond motifs is 2. The molecule has 4 aromatic heterocycles. The monoisotopic (exact) mass is 598 g/mol. The molecule has 0 aromatic carbocycles. The van der Waals surface area contributed by atoms with E-state index in [1.807, 2.05) is 0 Å². The molecule has 0 spiro atoms. The Morgan fingerprint density at radius 3 is 1.81 bits per heavy atom. The van der Waals surface area contributed by atoms with Gasteiger partial charge in [0.1, 0.15) is 5.15 Å². The molecule has 0 saturated carbocycles. The molecule has 10 nitrogen and oxygen atoms in total. The maximum Gasteiger partial charge on any atom is 0.339 e. The maximum absolute atomic E-state index is 11.8. The highest BCUT2D eigenvalue weighted by atomic mass is 36.0. The number of hydrogen-bond donors (Lipinski definition) is 1. The first-order valence-corrected chi connectivity index (χ1v) is 15.9. The van der Waals surface area contributed by atoms with Gasteiger partial charge in [0.25, 0.3) is 5.56 Å². The minimum atomic E-state index is -3.22. The zero-order chi connectivity index (χ0) is 26.4. The Morgan fingerprint density at radius 1 is 0.703 bits per heavy atom. The first-order valence-electron chi connectivity index (χ1n) is 11.1. The van der Waals surface area contributed by atoms with Gasteiger partial charge in [-0.3, -0.25) is 9.36 Å². The van der Waals surface area contributed by atoms with Gasteiger partial charge < -0.3 is 4.98 Å². The van der Waals surface area contributed by atoms with Crippen molar-refractivity contribution in [3.63, 3.8) is 0 Å². The van der Waals surface area contributed by atoms with Crippen LogP contribution in [0.5, 0.6) is 0 Å². The maximum atomic E-state index is 11.8. The van der Waals surface area contributed by atoms with Crippen molar-refractivity contribution in [1.82, 2.24) is 39.9 Å². The van der Waals surface area contributed by atoms with E-state index in [1.165, 1.54) is 0 Å². The summed E-state index contributed by atoms with van der Waals surface area (Å²) in [4.78, 5) is 44.0. The quantitative estimate of drug-likeness (QED) is 0.230. The molecule has 2 aliphatic rings. The molecule has 4 aromatic rings. The molecule has 0 fully saturated rings. The molecule has 0 saturated heterocycles. The number of H-pyrrole nitrogens is 1. The topological polar surface area (TPSA) is 140 Å². The summed E-state index contributed by atoms with van der Waals surface area (Å²) >= 11 is 20.0. The molecule has 2 aliphatic carbocycles. The molecule has 4 heterocycles. The molecule has 0 aliphatic heterocycles. The lowest BCUT2D eigenvalue weighted by Crippen LogP contribution is -2.15. The summed E-state index contributed by atoms with van der Waals surface area (Å²) < 4.78 is 9.51. The number of aromatic amines is 1. The lowest BCUT2D eigenvalue weighted by Gasteiger charge is -2.03. The van der Waals surface area contributed by atoms with E-state index in [2.05, 4.69) is 73.6 Å². The molecule has 37 heavy (non-hydrogen) atoms. The summed E-state index contributed by atoms with van der Waals surface area (Å²) in [5.41, 5.74) is 3.79. The van der Waals surface area contributed by atoms with E-state index in [9.17, 15) is 9.36 Å². The number of halogens is 4. The Morgan fingerprint density at radius 2 is 1.22 bits per heavy atom. The first kappa shape index (κ1) is 27.5. The molecule has 192 valence electrons. The molecular formula is C22H19Cl4N8O2P. The van der Waals surface area contributed by atoms with E-state index >= 15 is 0 Å². The summed E-state index contributed by atoms with van der Waals surface area (Å²) in [5, 5.41) is -2.68. The van der Waals surface area contributed by atoms with Crippen LogP contribution in [-0.2, 0) is 30.2 Å². The smallest absolute Gasteiger partial charge is 0.304 e. The molecular weight excluding hydrogens is 581 g/mol. The van der Waals surface area contributed by atoms with Gasteiger partial charge >= 0.3 is 5.20 Å². The van der Waals surface area contributed by atoms with Crippen molar-refractivity contribution >= 4 is 50.5 Å². The Labute approximate surface area is 231 Å². The minimum Gasteiger partial charge on any atom is -0.304 e. The van der Waals surface area contributed by atoms with Crippen LogP contribution in [0.2, 0.25) is 5.15 Å². The van der Waals surface area contributed by atoms with E-state index in [1.54, 1.807) is 36.9 Å². The molecule has 15 heteroatoms. The fourth-order valence-electron chi connectivity index (χ4n) is 3.87. The Balaban J connectivity index is 0.000000147. The number of rotatable bonds is 2. The van der Waals surface area contributed by atoms with Gasteiger partial charge in [0.05, 0.1) is 5.69 Å². The third-order valence-electron chi connectivity index (χ3n) is 5.37. The number of nitrogens with zero attached hydrogens (tertiary/aromatic N) is 7. The second-order valence-electron chi connectivity index (χ2n) is 7.85. The Bertz CT molecular complexity index is 1480. The fourth-order valence-corrected chi connectivity index (χ4v) is 4.15. The summed E-state index contributed by atoms with van der Waals surface area (Å²) in [6.45, 7) is 0. The van der Waals surface area contributed by atoms with Crippen LogP contribution >= 0.6 is 50.5 Å². The van der Waals surface area contributed by atoms with Gasteiger partial charge in [0.2, 0.25) is 0 Å². The zero-order valence-corrected chi connectivity index (χ0v) is 23.0. The van der Waals surface area contributed by atoms with Gasteiger partial charge in [-0.25, -0.2) is 34.9 Å². The number of nitrogens with one attached hydrogen (secondary N) is 1. The Hall–Kier alpha value is -2.49. The second-order valence-corrected chi connectivity index (χ2v) is 14.9. The number of aryl methyl sites for hydroxylation is 2. The number of hydrogen-bond acceptors (Lipinski definition) is 9. The normalized spacial score (nSPS) is 13.5. The number of aromatic nitrogens is 8. The molecule has 0 radical (unpaired) electrons. The van der Waals surface area contributed by atoms with E-state index in [0.717, 1.165) is 61.0 Å². The first-order chi connectivity index (χ1) is 17.7. The fraction of sp³-hybridized carbons (Fsp3) is 0.273. The van der Waals surface area contributed by atoms with Crippen molar-refractivity contribution in [3.05, 3.63) is 74.9 Å². The van der Waals surface area contributed by atoms with Crippen LogP contribution < -0.4 is 5.56 Å². The van der Waals surface area contributed by atoms with Crippen LogP contribution in [0.4, 0.5) is 0 Å². The molecule has 0 unspecified atom stereocenters. The zero-order valence-electron chi connectivity index (χ0n) is 19.1. The molecule has 6 rings (SSSR count). The predicted molar refractivity (Wildman–Crippen MR) is 143 cm³/mol. The predicted octanol–water partition coefficient (Wildman–Crippen LogP) is 5.60. The molecule has 0 amide bonds. The van der Waals surface area contributed by atoms with Crippen molar-refractivity contribution in [2.24, 2.45) is 0 Å². The van der Waals surface area contributed by atoms with Crippen molar-refractivity contribution in [2.45, 2.75) is 38.5 Å². The summed E-state index contributed by atoms with van der Waals surface area (Å²) in [6.07, 6.45) is 12.4. The lowest BCUT2D eigenvalue weighted by atomic mass is 10.2. The second kappa shape index (κ2) is 12.4. The van der Waals surface area contributed by atoms with Crippen LogP contribution in [0.25, 0.3) is 23.3 Å². The van der Waals surface area contributed by atoms with Gasteiger partial charge in [0, 0.05) is 41.6 Å². The van der Waals surface area contributed by atoms with Crippen molar-refractivity contribution < 1.29 is 4.57 Å². The van der Waals surface area contributed by atoms with E-state index in [-0.39, 0.29) is 5.56 Å². The van der Waals surface area contributed by atoms with Gasteiger partial charge in [-0.05, 0) is 84.4 Å². The highest BCUT2D eigenvalue weighted by Gasteiger charge is 2.20. The van der Waals surface area contributed by atoms with Gasteiger partial charge in [-0.2, -0.15) is 0 Å². The van der Waals surface area contributed by atoms with Crippen molar-refractivity contribution in [2.75, 3.05) is 0 Å². The average molecular weight is 600 g/mol. The summed E-state index contributed by atoms with van der Waals surface area (Å²) in [6, 6.07) is 3.49. The van der Waals surface area contributed by atoms with Crippen molar-refractivity contribution in [3.8, 4) is 23.3 Å². The standard InChI is InChI=1S/C11H9ClN4.C11H10N4O.Cl3OP/c12-9-7-3-1-4-8(7)15-11(16-9)10-13-5-2-6-14-10;16-11-7-3-1-4-8(7)14-10(15-11)9-12-5-2-6-13-9;1-5(2,3)4/h2,5-6H,1,3-4H2;2,5-6H,1,3-4H2,(H,14,15,16);. The van der Waals surface area contributed by atoms with E-state index in [0.29, 0.717) is 28.5 Å². The van der Waals surface area contributed by atoms with E-state index < -0.39 is 5.20 Å². The molecule has 0 atom stereocenters. The largest absolute Gasteiger partial charge is 0.339 e. The van der Waals surface area contributed by atoms with Gasteiger partial charge in [-0.15, -0.1) is 0 Å². The van der Waals surface area contributed by atoms with Gasteiger partial charge in [-0.1, -0.05) is 11.6 Å². The average Bonchev–Trinajstić information content (AvgIpc) is 3.55. The molecule has 1 N–H and O–H groups in total. The van der Waals surface area contributed by atoms with Crippen molar-refractivity contribution in [1.29, 1.82) is 0 Å². The minimum absolute atomic E-state index is 0.0510. The third-order valence-corrected chi connectivity index (χ3v) is 5.68. The van der Waals surface area contributed by atoms with Crippen LogP contribution in [0.1, 0.15) is 35.4 Å². The highest BCUT2D eigenvalue weighted by molar-refractivity contribution is 8.24. The summed E-state index contributed by atoms with van der Waals surface area (Å²) in [7, 11) is 0. The summed E-state index contributed by atoms with van der Waals surface area (Å²) in [5.74, 6) is 1.98. The van der Waals surface area contributed by atoms with Gasteiger partial charge in [0.15, 0.2) is 23.3 Å². The van der Waals surface area contributed by atoms with Crippen LogP contribution in [0, 0.1) is 0 Å². The lowest BCUT2D eigenvalue weighted by molar-refractivity contribution is 0.600. The third kappa shape index (κ3) is 7.75. The highest BCUT2D eigenvalue weighted by Crippen LogP contribution is 2.61. The molecule has 0 bridgehead atoms. The van der Waals surface area contributed by atoms with Crippen LogP contribution in [0.3, 0.4) is 0 Å². The van der Waals surface area contributed by atoms with Crippen LogP contribution in [0.15, 0.2) is 41.7 Å². The Kier molecular flexibility index (Phi) is 9.21. The van der Waals surface area contributed by atoms with Crippen LogP contribution in [-0.4, -0.2) is 39.9 Å². The SMILES string of the molecule is Clc1nc(-c2ncccn2)nc2c1CCC2.O=P(Cl)(Cl)Cl.O=c1[nH]c(-c2ncccn2)nc2c1CCC2.